The third kappa shape index (κ3) is 2.13. The summed E-state index contributed by atoms with van der Waals surface area (Å²) in [7, 11) is 0. The van der Waals surface area contributed by atoms with Crippen LogP contribution in [0.25, 0.3) is 0 Å². The monoisotopic (exact) mass is 220 g/mol. The fraction of sp³-hybridized carbons (Fsp3) is 0.273. The van der Waals surface area contributed by atoms with Crippen LogP contribution >= 0.6 is 0 Å². The Balaban J connectivity index is 2.11. The van der Waals surface area contributed by atoms with Gasteiger partial charge in [-0.15, -0.1) is 0 Å². The quantitative estimate of drug-likeness (QED) is 0.743. The summed E-state index contributed by atoms with van der Waals surface area (Å²) < 4.78 is 12.2. The van der Waals surface area contributed by atoms with Crippen LogP contribution in [-0.4, -0.2) is 16.1 Å². The predicted octanol–water partition coefficient (Wildman–Crippen LogP) is 2.66. The van der Waals surface area contributed by atoms with Crippen LogP contribution in [-0.2, 0) is 0 Å². The maximum absolute atomic E-state index is 10.4. The third-order valence-electron chi connectivity index (χ3n) is 2.04. The number of hydrogen-bond acceptors (Lipinski definition) is 4. The molecule has 0 saturated heterocycles. The second-order valence-electron chi connectivity index (χ2n) is 3.63. The maximum atomic E-state index is 10.4. The van der Waals surface area contributed by atoms with Crippen molar-refractivity contribution in [2.45, 2.75) is 19.9 Å². The molecule has 0 atom stereocenters. The molecule has 0 amide bonds. The molecule has 0 aromatic carbocycles. The molecule has 2 rings (SSSR count). The van der Waals surface area contributed by atoms with Crippen molar-refractivity contribution in [1.29, 1.82) is 0 Å². The summed E-state index contributed by atoms with van der Waals surface area (Å²) in [5, 5.41) is 4.12. The number of nitrogens with zero attached hydrogens (tertiary/aromatic N) is 2. The van der Waals surface area contributed by atoms with Crippen molar-refractivity contribution in [3.63, 3.8) is 0 Å². The summed E-state index contributed by atoms with van der Waals surface area (Å²) in [6.45, 7) is 4.04. The minimum atomic E-state index is 0.242. The van der Waals surface area contributed by atoms with E-state index in [2.05, 4.69) is 5.10 Å². The van der Waals surface area contributed by atoms with Gasteiger partial charge in [-0.25, -0.2) is 0 Å². The van der Waals surface area contributed by atoms with Gasteiger partial charge in [0.25, 0.3) is 5.95 Å². The van der Waals surface area contributed by atoms with Crippen molar-refractivity contribution in [3.05, 3.63) is 30.3 Å². The first-order chi connectivity index (χ1) is 7.69. The molecular weight excluding hydrogens is 208 g/mol. The zero-order valence-electron chi connectivity index (χ0n) is 9.08. The SMILES string of the molecule is CC(C)n1cc(Oc2ccc(C=O)o2)cn1. The van der Waals surface area contributed by atoms with Crippen LogP contribution < -0.4 is 4.74 Å². The third-order valence-corrected chi connectivity index (χ3v) is 2.04. The Labute approximate surface area is 92.6 Å². The highest BCUT2D eigenvalue weighted by atomic mass is 16.6. The number of hydrogen-bond donors (Lipinski definition) is 0. The summed E-state index contributed by atoms with van der Waals surface area (Å²) >= 11 is 0. The van der Waals surface area contributed by atoms with E-state index in [-0.39, 0.29) is 17.7 Å². The molecule has 0 unspecified atom stereocenters. The smallest absolute Gasteiger partial charge is 0.290 e. The van der Waals surface area contributed by atoms with E-state index in [9.17, 15) is 4.79 Å². The Kier molecular flexibility index (Phi) is 2.76. The summed E-state index contributed by atoms with van der Waals surface area (Å²) in [4.78, 5) is 10.4. The molecule has 0 aliphatic heterocycles. The molecule has 84 valence electrons. The molecule has 16 heavy (non-hydrogen) atoms. The van der Waals surface area contributed by atoms with Crippen LogP contribution in [0.3, 0.4) is 0 Å². The largest absolute Gasteiger partial charge is 0.423 e. The van der Waals surface area contributed by atoms with E-state index in [1.165, 1.54) is 0 Å². The van der Waals surface area contributed by atoms with Gasteiger partial charge in [0.2, 0.25) is 0 Å². The fourth-order valence-electron chi connectivity index (χ4n) is 1.22. The van der Waals surface area contributed by atoms with E-state index in [1.807, 2.05) is 13.8 Å². The molecule has 5 heteroatoms. The van der Waals surface area contributed by atoms with Crippen LogP contribution in [0.15, 0.2) is 28.9 Å². The lowest BCUT2D eigenvalue weighted by atomic mass is 10.4. The molecular formula is C11H12N2O3. The number of rotatable bonds is 4. The van der Waals surface area contributed by atoms with Crippen molar-refractivity contribution < 1.29 is 13.9 Å². The van der Waals surface area contributed by atoms with Gasteiger partial charge >= 0.3 is 0 Å². The summed E-state index contributed by atoms with van der Waals surface area (Å²) in [5.41, 5.74) is 0. The van der Waals surface area contributed by atoms with Crippen LogP contribution in [0.5, 0.6) is 11.7 Å². The fourth-order valence-corrected chi connectivity index (χ4v) is 1.22. The number of aldehydes is 1. The second-order valence-corrected chi connectivity index (χ2v) is 3.63. The van der Waals surface area contributed by atoms with E-state index >= 15 is 0 Å². The van der Waals surface area contributed by atoms with E-state index in [1.54, 1.807) is 29.2 Å². The topological polar surface area (TPSA) is 57.3 Å². The van der Waals surface area contributed by atoms with Crippen LogP contribution in [0, 0.1) is 0 Å². The van der Waals surface area contributed by atoms with Crippen molar-refractivity contribution in [3.8, 4) is 11.7 Å². The minimum absolute atomic E-state index is 0.242. The average Bonchev–Trinajstić information content (AvgIpc) is 2.87. The number of carbonyl (C=O) groups excluding carboxylic acids is 1. The van der Waals surface area contributed by atoms with Gasteiger partial charge in [0.15, 0.2) is 17.8 Å². The lowest BCUT2D eigenvalue weighted by Crippen LogP contribution is -1.99. The molecule has 0 bridgehead atoms. The van der Waals surface area contributed by atoms with E-state index in [0.29, 0.717) is 12.0 Å². The van der Waals surface area contributed by atoms with E-state index in [0.717, 1.165) is 0 Å². The Morgan fingerprint density at radius 1 is 1.50 bits per heavy atom. The second kappa shape index (κ2) is 4.22. The number of carbonyl (C=O) groups is 1. The van der Waals surface area contributed by atoms with E-state index < -0.39 is 0 Å². The van der Waals surface area contributed by atoms with Crippen LogP contribution in [0.1, 0.15) is 30.4 Å². The van der Waals surface area contributed by atoms with E-state index in [4.69, 9.17) is 9.15 Å². The average molecular weight is 220 g/mol. The van der Waals surface area contributed by atoms with Crippen molar-refractivity contribution in [2.24, 2.45) is 0 Å². The molecule has 0 aliphatic rings. The normalized spacial score (nSPS) is 10.7. The number of ether oxygens (including phenoxy) is 1. The van der Waals surface area contributed by atoms with Gasteiger partial charge in [0.1, 0.15) is 0 Å². The van der Waals surface area contributed by atoms with Crippen LogP contribution in [0.2, 0.25) is 0 Å². The van der Waals surface area contributed by atoms with Gasteiger partial charge in [-0.05, 0) is 19.9 Å². The van der Waals surface area contributed by atoms with Gasteiger partial charge in [0.05, 0.1) is 12.4 Å². The predicted molar refractivity (Wildman–Crippen MR) is 56.8 cm³/mol. The highest BCUT2D eigenvalue weighted by Crippen LogP contribution is 2.23. The van der Waals surface area contributed by atoms with Crippen molar-refractivity contribution in [2.75, 3.05) is 0 Å². The van der Waals surface area contributed by atoms with Gasteiger partial charge in [-0.3, -0.25) is 9.48 Å². The molecule has 2 heterocycles. The molecule has 0 N–H and O–H groups in total. The highest BCUT2D eigenvalue weighted by Gasteiger charge is 2.06. The molecule has 2 aromatic rings. The van der Waals surface area contributed by atoms with Crippen LogP contribution in [0.4, 0.5) is 0 Å². The molecule has 0 saturated carbocycles. The standard InChI is InChI=1S/C11H12N2O3/c1-8(2)13-6-10(5-12-13)16-11-4-3-9(7-14)15-11/h3-8H,1-2H3. The van der Waals surface area contributed by atoms with Crippen molar-refractivity contribution in [1.82, 2.24) is 9.78 Å². The minimum Gasteiger partial charge on any atom is -0.423 e. The first-order valence-corrected chi connectivity index (χ1v) is 4.96. The first kappa shape index (κ1) is 10.5. The molecule has 2 aromatic heterocycles. The highest BCUT2D eigenvalue weighted by molar-refractivity contribution is 5.70. The summed E-state index contributed by atoms with van der Waals surface area (Å²) in [6.07, 6.45) is 4.00. The van der Waals surface area contributed by atoms with Gasteiger partial charge in [-0.1, -0.05) is 0 Å². The molecule has 0 radical (unpaired) electrons. The molecule has 0 fully saturated rings. The maximum Gasteiger partial charge on any atom is 0.290 e. The van der Waals surface area contributed by atoms with Crippen molar-refractivity contribution >= 4 is 6.29 Å². The lowest BCUT2D eigenvalue weighted by Gasteiger charge is -2.02. The van der Waals surface area contributed by atoms with Gasteiger partial charge in [-0.2, -0.15) is 5.10 Å². The summed E-state index contributed by atoms with van der Waals surface area (Å²) in [5.74, 6) is 1.11. The lowest BCUT2D eigenvalue weighted by molar-refractivity contribution is 0.109. The zero-order valence-corrected chi connectivity index (χ0v) is 9.08. The first-order valence-electron chi connectivity index (χ1n) is 4.96. The number of aromatic nitrogens is 2. The Bertz CT molecular complexity index is 485. The molecule has 0 aliphatic carbocycles. The Morgan fingerprint density at radius 2 is 2.31 bits per heavy atom. The van der Waals surface area contributed by atoms with Gasteiger partial charge in [0, 0.05) is 12.1 Å². The zero-order chi connectivity index (χ0) is 11.5. The Morgan fingerprint density at radius 3 is 2.88 bits per heavy atom. The molecule has 5 nitrogen and oxygen atoms in total. The Hall–Kier alpha value is -2.04. The summed E-state index contributed by atoms with van der Waals surface area (Å²) in [6, 6.07) is 3.42. The van der Waals surface area contributed by atoms with Gasteiger partial charge < -0.3 is 9.15 Å². The number of furan rings is 1. The molecule has 0 spiro atoms.